The summed E-state index contributed by atoms with van der Waals surface area (Å²) in [7, 11) is 0. The number of aromatic hydroxyl groups is 1. The third kappa shape index (κ3) is 4.70. The molecule has 1 aromatic heterocycles. The summed E-state index contributed by atoms with van der Waals surface area (Å²) in [6.07, 6.45) is 3.13. The van der Waals surface area contributed by atoms with Gasteiger partial charge in [-0.15, -0.1) is 0 Å². The Bertz CT molecular complexity index is 1290. The molecule has 8 heteroatoms. The second kappa shape index (κ2) is 10.2. The van der Waals surface area contributed by atoms with Crippen molar-refractivity contribution in [1.29, 1.82) is 0 Å². The first-order chi connectivity index (χ1) is 15.4. The Hall–Kier alpha value is -3.52. The number of hydrogen-bond donors (Lipinski definition) is 2. The number of nitrogens with one attached hydrogen (secondary N) is 1. The minimum atomic E-state index is -0.529. The predicted octanol–water partition coefficient (Wildman–Crippen LogP) is 4.32. The first kappa shape index (κ1) is 23.1. The number of nitrogens with zero attached hydrogens (tertiary/aromatic N) is 3. The summed E-state index contributed by atoms with van der Waals surface area (Å²) in [5, 5.41) is 15.0. The van der Waals surface area contributed by atoms with E-state index in [1.165, 1.54) is 15.3 Å². The SMILES string of the molecule is CCCCC(=O)N/N=C\c1c(O)n(-c2ccccc2C)c(=S)n(-c2ccccc2C)c1=O. The van der Waals surface area contributed by atoms with Gasteiger partial charge in [0.1, 0.15) is 5.56 Å². The van der Waals surface area contributed by atoms with Crippen LogP contribution in [-0.4, -0.2) is 26.4 Å². The summed E-state index contributed by atoms with van der Waals surface area (Å²) in [4.78, 5) is 25.3. The molecule has 2 N–H and O–H groups in total. The molecular weight excluding hydrogens is 424 g/mol. The molecule has 0 saturated carbocycles. The van der Waals surface area contributed by atoms with Crippen molar-refractivity contribution in [2.75, 3.05) is 0 Å². The molecule has 1 amide bonds. The van der Waals surface area contributed by atoms with Crippen LogP contribution in [-0.2, 0) is 4.79 Å². The Kier molecular flexibility index (Phi) is 7.37. The third-order valence-corrected chi connectivity index (χ3v) is 5.49. The molecule has 0 radical (unpaired) electrons. The lowest BCUT2D eigenvalue weighted by Crippen LogP contribution is -2.28. The Morgan fingerprint density at radius 3 is 2.19 bits per heavy atom. The van der Waals surface area contributed by atoms with Gasteiger partial charge in [0.25, 0.3) is 5.56 Å². The van der Waals surface area contributed by atoms with E-state index in [0.29, 0.717) is 17.8 Å². The Labute approximate surface area is 191 Å². The van der Waals surface area contributed by atoms with E-state index in [-0.39, 0.29) is 22.1 Å². The summed E-state index contributed by atoms with van der Waals surface area (Å²) in [6.45, 7) is 5.76. The van der Waals surface area contributed by atoms with E-state index in [0.717, 1.165) is 24.0 Å². The molecule has 3 aromatic rings. The molecule has 0 unspecified atom stereocenters. The summed E-state index contributed by atoms with van der Waals surface area (Å²) in [6, 6.07) is 14.8. The van der Waals surface area contributed by atoms with Crippen LogP contribution in [0.5, 0.6) is 5.88 Å². The Balaban J connectivity index is 2.25. The van der Waals surface area contributed by atoms with E-state index in [9.17, 15) is 14.7 Å². The van der Waals surface area contributed by atoms with E-state index >= 15 is 0 Å². The fourth-order valence-corrected chi connectivity index (χ4v) is 3.71. The highest BCUT2D eigenvalue weighted by molar-refractivity contribution is 7.71. The van der Waals surface area contributed by atoms with Crippen LogP contribution in [0.4, 0.5) is 0 Å². The number of unbranched alkanes of at least 4 members (excludes halogenated alkanes) is 1. The quantitative estimate of drug-likeness (QED) is 0.319. The highest BCUT2D eigenvalue weighted by Gasteiger charge is 2.19. The van der Waals surface area contributed by atoms with E-state index in [1.807, 2.05) is 63.2 Å². The number of rotatable bonds is 7. The number of hydrogen-bond acceptors (Lipinski definition) is 5. The maximum atomic E-state index is 13.4. The Morgan fingerprint density at radius 1 is 1.06 bits per heavy atom. The number of benzene rings is 2. The number of aryl methyl sites for hydroxylation is 2. The smallest absolute Gasteiger partial charge is 0.271 e. The monoisotopic (exact) mass is 450 g/mol. The average molecular weight is 451 g/mol. The molecule has 0 fully saturated rings. The fraction of sp³-hybridized carbons (Fsp3) is 0.250. The summed E-state index contributed by atoms with van der Waals surface area (Å²) >= 11 is 5.66. The van der Waals surface area contributed by atoms with E-state index in [2.05, 4.69) is 10.5 Å². The minimum Gasteiger partial charge on any atom is -0.494 e. The highest BCUT2D eigenvalue weighted by Crippen LogP contribution is 2.24. The molecule has 1 heterocycles. The normalized spacial score (nSPS) is 11.1. The van der Waals surface area contributed by atoms with Crippen LogP contribution in [0.1, 0.15) is 42.9 Å². The van der Waals surface area contributed by atoms with Crippen LogP contribution < -0.4 is 11.0 Å². The third-order valence-electron chi connectivity index (χ3n) is 5.12. The molecule has 0 bridgehead atoms. The molecule has 7 nitrogen and oxygen atoms in total. The maximum Gasteiger partial charge on any atom is 0.271 e. The lowest BCUT2D eigenvalue weighted by molar-refractivity contribution is -0.121. The minimum absolute atomic E-state index is 0.0825. The number of carbonyl (C=O) groups is 1. The van der Waals surface area contributed by atoms with Gasteiger partial charge in [0.2, 0.25) is 11.8 Å². The lowest BCUT2D eigenvalue weighted by atomic mass is 10.2. The molecule has 0 spiro atoms. The largest absolute Gasteiger partial charge is 0.494 e. The van der Waals surface area contributed by atoms with Crippen molar-refractivity contribution >= 4 is 24.3 Å². The predicted molar refractivity (Wildman–Crippen MR) is 129 cm³/mol. The lowest BCUT2D eigenvalue weighted by Gasteiger charge is -2.18. The number of hydrazone groups is 1. The first-order valence-electron chi connectivity index (χ1n) is 10.4. The van der Waals surface area contributed by atoms with Crippen LogP contribution in [0, 0.1) is 18.6 Å². The maximum absolute atomic E-state index is 13.4. The van der Waals surface area contributed by atoms with E-state index in [1.54, 1.807) is 6.07 Å². The van der Waals surface area contributed by atoms with E-state index in [4.69, 9.17) is 12.2 Å². The van der Waals surface area contributed by atoms with Crippen molar-refractivity contribution in [2.24, 2.45) is 5.10 Å². The van der Waals surface area contributed by atoms with Gasteiger partial charge in [-0.1, -0.05) is 49.7 Å². The van der Waals surface area contributed by atoms with Crippen molar-refractivity contribution in [3.8, 4) is 17.3 Å². The van der Waals surface area contributed by atoms with Gasteiger partial charge in [-0.2, -0.15) is 5.10 Å². The molecule has 0 atom stereocenters. The van der Waals surface area contributed by atoms with Gasteiger partial charge < -0.3 is 5.11 Å². The van der Waals surface area contributed by atoms with Crippen molar-refractivity contribution in [2.45, 2.75) is 40.0 Å². The van der Waals surface area contributed by atoms with Gasteiger partial charge in [-0.3, -0.25) is 18.7 Å². The van der Waals surface area contributed by atoms with Gasteiger partial charge in [0, 0.05) is 6.42 Å². The van der Waals surface area contributed by atoms with Gasteiger partial charge >= 0.3 is 0 Å². The second-order valence-electron chi connectivity index (χ2n) is 7.47. The molecule has 32 heavy (non-hydrogen) atoms. The summed E-state index contributed by atoms with van der Waals surface area (Å²) in [5.74, 6) is -0.598. The van der Waals surface area contributed by atoms with Crippen molar-refractivity contribution in [3.63, 3.8) is 0 Å². The van der Waals surface area contributed by atoms with Gasteiger partial charge in [-0.25, -0.2) is 5.43 Å². The molecule has 166 valence electrons. The first-order valence-corrected chi connectivity index (χ1v) is 10.8. The van der Waals surface area contributed by atoms with Crippen molar-refractivity contribution in [3.05, 3.63) is 80.3 Å². The van der Waals surface area contributed by atoms with Gasteiger partial charge in [0.15, 0.2) is 4.77 Å². The molecular formula is C24H26N4O3S. The molecule has 2 aromatic carbocycles. The standard InChI is InChI=1S/C24H26N4O3S/c1-4-5-14-21(29)26-25-15-18-22(30)27(19-12-8-6-10-16(19)2)24(32)28(23(18)31)20-13-9-7-11-17(20)3/h6-13,15,30H,4-5,14H2,1-3H3,(H,26,29)/b25-15-. The zero-order chi connectivity index (χ0) is 23.3. The van der Waals surface area contributed by atoms with Crippen LogP contribution >= 0.6 is 12.2 Å². The number of para-hydroxylation sites is 2. The number of amides is 1. The zero-order valence-corrected chi connectivity index (χ0v) is 19.1. The fourth-order valence-electron chi connectivity index (χ4n) is 3.35. The molecule has 0 aliphatic rings. The summed E-state index contributed by atoms with van der Waals surface area (Å²) < 4.78 is 2.94. The molecule has 0 aliphatic heterocycles. The van der Waals surface area contributed by atoms with E-state index < -0.39 is 5.56 Å². The van der Waals surface area contributed by atoms with Crippen LogP contribution in [0.15, 0.2) is 58.4 Å². The molecule has 3 rings (SSSR count). The topological polar surface area (TPSA) is 88.6 Å². The number of aromatic nitrogens is 2. The van der Waals surface area contributed by atoms with Crippen LogP contribution in [0.3, 0.4) is 0 Å². The summed E-state index contributed by atoms with van der Waals surface area (Å²) in [5.41, 5.74) is 4.75. The zero-order valence-electron chi connectivity index (χ0n) is 18.3. The van der Waals surface area contributed by atoms with Crippen LogP contribution in [0.25, 0.3) is 11.4 Å². The molecule has 0 saturated heterocycles. The van der Waals surface area contributed by atoms with Gasteiger partial charge in [-0.05, 0) is 55.7 Å². The van der Waals surface area contributed by atoms with Crippen LogP contribution in [0.2, 0.25) is 0 Å². The van der Waals surface area contributed by atoms with Gasteiger partial charge in [0.05, 0.1) is 17.6 Å². The average Bonchev–Trinajstić information content (AvgIpc) is 2.77. The number of carbonyl (C=O) groups excluding carboxylic acids is 1. The van der Waals surface area contributed by atoms with Crippen molar-refractivity contribution in [1.82, 2.24) is 14.6 Å². The second-order valence-corrected chi connectivity index (χ2v) is 7.83. The molecule has 0 aliphatic carbocycles. The highest BCUT2D eigenvalue weighted by atomic mass is 32.1. The Morgan fingerprint density at radius 2 is 1.62 bits per heavy atom. The van der Waals surface area contributed by atoms with Crippen molar-refractivity contribution < 1.29 is 9.90 Å².